The number of nitro groups is 1. The number of nitro benzene ring substituents is 1. The van der Waals surface area contributed by atoms with Crippen LogP contribution in [0.2, 0.25) is 10.0 Å². The van der Waals surface area contributed by atoms with Crippen molar-refractivity contribution in [3.8, 4) is 0 Å². The molecule has 0 saturated heterocycles. The number of anilines is 1. The molecule has 1 aromatic carbocycles. The third-order valence-corrected chi connectivity index (χ3v) is 3.64. The molecule has 0 saturated carbocycles. The van der Waals surface area contributed by atoms with Gasteiger partial charge in [0.05, 0.1) is 27.1 Å². The van der Waals surface area contributed by atoms with Crippen LogP contribution in [0.4, 0.5) is 11.4 Å². The van der Waals surface area contributed by atoms with Crippen LogP contribution in [-0.2, 0) is 4.79 Å². The van der Waals surface area contributed by atoms with Crippen LogP contribution < -0.4 is 5.01 Å². The number of nitrogens with zero attached hydrogens (tertiary/aromatic N) is 3. The van der Waals surface area contributed by atoms with E-state index in [1.807, 2.05) is 20.8 Å². The highest BCUT2D eigenvalue weighted by atomic mass is 35.5. The molecule has 0 aliphatic carbocycles. The fourth-order valence-electron chi connectivity index (χ4n) is 1.88. The van der Waals surface area contributed by atoms with E-state index in [4.69, 9.17) is 23.2 Å². The van der Waals surface area contributed by atoms with E-state index in [9.17, 15) is 14.9 Å². The molecule has 0 unspecified atom stereocenters. The lowest BCUT2D eigenvalue weighted by molar-refractivity contribution is -0.384. The fraction of sp³-hybridized carbons (Fsp3) is 0.385. The van der Waals surface area contributed by atoms with Gasteiger partial charge in [0.1, 0.15) is 5.69 Å². The Morgan fingerprint density at radius 3 is 2.19 bits per heavy atom. The standard InChI is InChI=1S/C13H13Cl2N3O3/c1-13(2,3)10-6-11(19)17(16-10)12-8(14)4-7(18(20)21)5-9(12)15/h4-5H,6H2,1-3H3. The number of hydrogen-bond acceptors (Lipinski definition) is 4. The van der Waals surface area contributed by atoms with Gasteiger partial charge >= 0.3 is 0 Å². The molecule has 0 aromatic heterocycles. The van der Waals surface area contributed by atoms with E-state index in [0.717, 1.165) is 17.1 Å². The van der Waals surface area contributed by atoms with Gasteiger partial charge in [-0.2, -0.15) is 10.1 Å². The second-order valence-corrected chi connectivity index (χ2v) is 6.51. The van der Waals surface area contributed by atoms with Crippen molar-refractivity contribution < 1.29 is 9.72 Å². The van der Waals surface area contributed by atoms with E-state index < -0.39 is 4.92 Å². The summed E-state index contributed by atoms with van der Waals surface area (Å²) in [5, 5.41) is 16.2. The molecular weight excluding hydrogens is 317 g/mol. The molecule has 1 aromatic rings. The van der Waals surface area contributed by atoms with E-state index in [0.29, 0.717) is 5.71 Å². The molecule has 8 heteroatoms. The van der Waals surface area contributed by atoms with Gasteiger partial charge in [-0.05, 0) is 0 Å². The van der Waals surface area contributed by atoms with E-state index >= 15 is 0 Å². The average Bonchev–Trinajstić information content (AvgIpc) is 2.70. The third-order valence-electron chi connectivity index (χ3n) is 3.07. The number of hydrogen-bond donors (Lipinski definition) is 0. The molecule has 21 heavy (non-hydrogen) atoms. The van der Waals surface area contributed by atoms with Gasteiger partial charge in [-0.25, -0.2) is 0 Å². The molecule has 6 nitrogen and oxygen atoms in total. The van der Waals surface area contributed by atoms with Gasteiger partial charge < -0.3 is 0 Å². The number of rotatable bonds is 2. The number of benzene rings is 1. The molecule has 0 fully saturated rings. The van der Waals surface area contributed by atoms with Crippen molar-refractivity contribution in [2.75, 3.05) is 5.01 Å². The summed E-state index contributed by atoms with van der Waals surface area (Å²) in [6.07, 6.45) is 0.174. The van der Waals surface area contributed by atoms with Crippen LogP contribution in [0.5, 0.6) is 0 Å². The van der Waals surface area contributed by atoms with Gasteiger partial charge in [-0.15, -0.1) is 0 Å². The topological polar surface area (TPSA) is 75.8 Å². The summed E-state index contributed by atoms with van der Waals surface area (Å²) in [6, 6.07) is 2.31. The third kappa shape index (κ3) is 3.01. The Morgan fingerprint density at radius 1 is 1.29 bits per heavy atom. The summed E-state index contributed by atoms with van der Waals surface area (Å²) in [4.78, 5) is 22.3. The predicted octanol–water partition coefficient (Wildman–Crippen LogP) is 4.04. The molecule has 1 amide bonds. The largest absolute Gasteiger partial charge is 0.272 e. The highest BCUT2D eigenvalue weighted by Gasteiger charge is 2.34. The first-order chi connectivity index (χ1) is 9.61. The average molecular weight is 330 g/mol. The minimum Gasteiger partial charge on any atom is -0.272 e. The number of carbonyl (C=O) groups is 1. The molecule has 0 atom stereocenters. The predicted molar refractivity (Wildman–Crippen MR) is 82.1 cm³/mol. The van der Waals surface area contributed by atoms with E-state index in [1.165, 1.54) is 0 Å². The van der Waals surface area contributed by atoms with Crippen molar-refractivity contribution in [1.29, 1.82) is 0 Å². The van der Waals surface area contributed by atoms with Gasteiger partial charge in [0.2, 0.25) is 0 Å². The molecule has 0 spiro atoms. The lowest BCUT2D eigenvalue weighted by Gasteiger charge is -2.17. The van der Waals surface area contributed by atoms with Crippen molar-refractivity contribution >= 4 is 46.2 Å². The van der Waals surface area contributed by atoms with E-state index in [2.05, 4.69) is 5.10 Å². The van der Waals surface area contributed by atoms with Crippen molar-refractivity contribution in [2.45, 2.75) is 27.2 Å². The number of amides is 1. The van der Waals surface area contributed by atoms with Crippen molar-refractivity contribution in [3.63, 3.8) is 0 Å². The number of halogens is 2. The number of hydrazone groups is 1. The summed E-state index contributed by atoms with van der Waals surface area (Å²) in [6.45, 7) is 5.84. The maximum Gasteiger partial charge on any atom is 0.272 e. The van der Waals surface area contributed by atoms with Crippen molar-refractivity contribution in [1.82, 2.24) is 0 Å². The van der Waals surface area contributed by atoms with E-state index in [1.54, 1.807) is 0 Å². The Labute approximate surface area is 131 Å². The first kappa shape index (κ1) is 15.7. The van der Waals surface area contributed by atoms with Crippen LogP contribution in [-0.4, -0.2) is 16.5 Å². The molecule has 2 rings (SSSR count). The lowest BCUT2D eigenvalue weighted by atomic mass is 9.88. The second kappa shape index (κ2) is 5.27. The molecule has 0 N–H and O–H groups in total. The summed E-state index contributed by atoms with van der Waals surface area (Å²) >= 11 is 12.1. The van der Waals surface area contributed by atoms with E-state index in [-0.39, 0.29) is 39.2 Å². The minimum absolute atomic E-state index is 0.0152. The highest BCUT2D eigenvalue weighted by molar-refractivity contribution is 6.40. The summed E-state index contributed by atoms with van der Waals surface area (Å²) in [5.41, 5.74) is 0.385. The summed E-state index contributed by atoms with van der Waals surface area (Å²) < 4.78 is 0. The zero-order chi connectivity index (χ0) is 15.9. The smallest absolute Gasteiger partial charge is 0.272 e. The van der Waals surface area contributed by atoms with Gasteiger partial charge in [0.25, 0.3) is 11.6 Å². The Morgan fingerprint density at radius 2 is 1.81 bits per heavy atom. The normalized spacial score (nSPS) is 15.4. The first-order valence-electron chi connectivity index (χ1n) is 6.15. The molecule has 0 radical (unpaired) electrons. The highest BCUT2D eigenvalue weighted by Crippen LogP contribution is 2.40. The van der Waals surface area contributed by atoms with Crippen LogP contribution in [0, 0.1) is 15.5 Å². The van der Waals surface area contributed by atoms with Crippen LogP contribution in [0.25, 0.3) is 0 Å². The van der Waals surface area contributed by atoms with Gasteiger partial charge in [-0.1, -0.05) is 44.0 Å². The SMILES string of the molecule is CC(C)(C)C1=NN(c2c(Cl)cc([N+](=O)[O-])cc2Cl)C(=O)C1. The second-order valence-electron chi connectivity index (χ2n) is 5.69. The molecule has 1 aliphatic heterocycles. The Balaban J connectivity index is 2.50. The van der Waals surface area contributed by atoms with Gasteiger partial charge in [0.15, 0.2) is 0 Å². The molecule has 112 valence electrons. The van der Waals surface area contributed by atoms with Crippen molar-refractivity contribution in [3.05, 3.63) is 32.3 Å². The minimum atomic E-state index is -0.600. The molecule has 1 heterocycles. The quantitative estimate of drug-likeness (QED) is 0.606. The summed E-state index contributed by atoms with van der Waals surface area (Å²) in [7, 11) is 0. The van der Waals surface area contributed by atoms with Crippen LogP contribution in [0.15, 0.2) is 17.2 Å². The Hall–Kier alpha value is -1.66. The summed E-state index contributed by atoms with van der Waals surface area (Å²) in [5.74, 6) is -0.266. The monoisotopic (exact) mass is 329 g/mol. The van der Waals surface area contributed by atoms with Crippen molar-refractivity contribution in [2.24, 2.45) is 10.5 Å². The molecule has 0 bridgehead atoms. The Kier molecular flexibility index (Phi) is 3.95. The maximum atomic E-state index is 12.1. The van der Waals surface area contributed by atoms with Crippen LogP contribution in [0.3, 0.4) is 0 Å². The van der Waals surface area contributed by atoms with Gasteiger partial charge in [0, 0.05) is 17.5 Å². The zero-order valence-electron chi connectivity index (χ0n) is 11.7. The fourth-order valence-corrected chi connectivity index (χ4v) is 2.52. The molecular formula is C13H13Cl2N3O3. The van der Waals surface area contributed by atoms with Gasteiger partial charge in [-0.3, -0.25) is 14.9 Å². The maximum absolute atomic E-state index is 12.1. The first-order valence-corrected chi connectivity index (χ1v) is 6.91. The zero-order valence-corrected chi connectivity index (χ0v) is 13.2. The van der Waals surface area contributed by atoms with Crippen LogP contribution >= 0.6 is 23.2 Å². The lowest BCUT2D eigenvalue weighted by Crippen LogP contribution is -2.21. The number of non-ortho nitro benzene ring substituents is 1. The number of carbonyl (C=O) groups excluding carboxylic acids is 1. The van der Waals surface area contributed by atoms with Crippen LogP contribution in [0.1, 0.15) is 27.2 Å². The Bertz CT molecular complexity index is 642. The molecule has 1 aliphatic rings.